The van der Waals surface area contributed by atoms with Crippen LogP contribution >= 0.6 is 47.8 Å². The maximum atomic E-state index is 6.07. The zero-order valence-electron chi connectivity index (χ0n) is 30.2. The summed E-state index contributed by atoms with van der Waals surface area (Å²) in [6.45, 7) is 26.9. The van der Waals surface area contributed by atoms with E-state index in [9.17, 15) is 0 Å². The van der Waals surface area contributed by atoms with E-state index in [1.54, 1.807) is 0 Å². The number of benzene rings is 4. The first-order valence-electron chi connectivity index (χ1n) is 16.4. The molecule has 6 rings (SSSR count). The van der Waals surface area contributed by atoms with E-state index >= 15 is 0 Å². The van der Waals surface area contributed by atoms with Crippen molar-refractivity contribution in [1.82, 2.24) is 0 Å². The second-order valence-electron chi connectivity index (χ2n) is 16.5. The monoisotopic (exact) mass is 824 g/mol. The molecule has 5 heteroatoms. The van der Waals surface area contributed by atoms with E-state index in [1.807, 2.05) is 0 Å². The third-order valence-corrected chi connectivity index (χ3v) is 11.0. The molecule has 0 fully saturated rings. The SMILES string of the molecule is BrCCBr.CC(C)(C)c1ccc2oc3c(Br)cc(C(C)(C)C)cc3c2c1.CC(C)(C)c1ccc2oc3ccc(C(C)(C)C)cc3c2c1. The highest BCUT2D eigenvalue weighted by Gasteiger charge is 2.21. The Kier molecular flexibility index (Phi) is 11.3. The molecule has 0 N–H and O–H groups in total. The fourth-order valence-corrected chi connectivity index (χ4v) is 5.99. The molecule has 0 spiro atoms. The van der Waals surface area contributed by atoms with Crippen LogP contribution in [0.15, 0.2) is 80.0 Å². The van der Waals surface area contributed by atoms with Crippen LogP contribution in [0.3, 0.4) is 0 Å². The number of halogens is 3. The number of hydrogen-bond donors (Lipinski definition) is 0. The van der Waals surface area contributed by atoms with Gasteiger partial charge in [0, 0.05) is 32.2 Å². The van der Waals surface area contributed by atoms with E-state index in [0.29, 0.717) is 0 Å². The number of fused-ring (bicyclic) bond motifs is 6. The summed E-state index contributed by atoms with van der Waals surface area (Å²) >= 11 is 10.1. The van der Waals surface area contributed by atoms with Gasteiger partial charge in [0.15, 0.2) is 0 Å². The molecular formula is C42H51Br3O2. The lowest BCUT2D eigenvalue weighted by molar-refractivity contribution is 0.589. The summed E-state index contributed by atoms with van der Waals surface area (Å²) in [4.78, 5) is 0. The highest BCUT2D eigenvalue weighted by Crippen LogP contribution is 2.39. The largest absolute Gasteiger partial charge is 0.456 e. The van der Waals surface area contributed by atoms with Gasteiger partial charge >= 0.3 is 0 Å². The highest BCUT2D eigenvalue weighted by molar-refractivity contribution is 9.12. The van der Waals surface area contributed by atoms with Gasteiger partial charge in [-0.1, -0.05) is 133 Å². The topological polar surface area (TPSA) is 26.3 Å². The van der Waals surface area contributed by atoms with Crippen LogP contribution < -0.4 is 0 Å². The van der Waals surface area contributed by atoms with Crippen LogP contribution in [0.1, 0.15) is 105 Å². The lowest BCUT2D eigenvalue weighted by atomic mass is 9.85. The maximum absolute atomic E-state index is 6.07. The Bertz CT molecular complexity index is 1930. The van der Waals surface area contributed by atoms with E-state index in [0.717, 1.165) is 37.5 Å². The van der Waals surface area contributed by atoms with Crippen LogP contribution in [-0.2, 0) is 21.7 Å². The third-order valence-electron chi connectivity index (χ3n) is 8.53. The molecule has 47 heavy (non-hydrogen) atoms. The molecule has 2 heterocycles. The smallest absolute Gasteiger partial charge is 0.149 e. The van der Waals surface area contributed by atoms with E-state index in [4.69, 9.17) is 8.83 Å². The van der Waals surface area contributed by atoms with E-state index in [2.05, 4.69) is 198 Å². The summed E-state index contributed by atoms with van der Waals surface area (Å²) in [5.41, 5.74) is 9.74. The van der Waals surface area contributed by atoms with Gasteiger partial charge < -0.3 is 8.83 Å². The Morgan fingerprint density at radius 1 is 0.426 bits per heavy atom. The van der Waals surface area contributed by atoms with Crippen molar-refractivity contribution >= 4 is 91.7 Å². The molecule has 0 aliphatic rings. The normalized spacial score (nSPS) is 12.7. The quantitative estimate of drug-likeness (QED) is 0.154. The molecule has 252 valence electrons. The van der Waals surface area contributed by atoms with E-state index in [-0.39, 0.29) is 21.7 Å². The molecule has 0 atom stereocenters. The summed E-state index contributed by atoms with van der Waals surface area (Å²) in [7, 11) is 0. The van der Waals surface area contributed by atoms with Crippen LogP contribution in [0.4, 0.5) is 0 Å². The molecule has 4 aromatic carbocycles. The Hall–Kier alpha value is -2.08. The average molecular weight is 828 g/mol. The number of rotatable bonds is 1. The first kappa shape index (κ1) is 37.7. The van der Waals surface area contributed by atoms with E-state index in [1.165, 1.54) is 43.8 Å². The molecule has 2 nitrogen and oxygen atoms in total. The van der Waals surface area contributed by atoms with Crippen molar-refractivity contribution in [2.75, 3.05) is 10.7 Å². The predicted molar refractivity (Wildman–Crippen MR) is 218 cm³/mol. The first-order valence-corrected chi connectivity index (χ1v) is 19.4. The number of alkyl halides is 2. The predicted octanol–water partition coefficient (Wildman–Crippen LogP) is 14.9. The molecule has 0 bridgehead atoms. The molecule has 6 aromatic rings. The number of furan rings is 2. The molecular weight excluding hydrogens is 776 g/mol. The lowest BCUT2D eigenvalue weighted by Crippen LogP contribution is -2.11. The minimum absolute atomic E-state index is 0.113. The summed E-state index contributed by atoms with van der Waals surface area (Å²) in [5, 5.41) is 6.95. The van der Waals surface area contributed by atoms with Gasteiger partial charge in [-0.05, 0) is 108 Å². The zero-order chi connectivity index (χ0) is 35.1. The van der Waals surface area contributed by atoms with Gasteiger partial charge in [-0.2, -0.15) is 0 Å². The van der Waals surface area contributed by atoms with Gasteiger partial charge in [-0.15, -0.1) is 0 Å². The molecule has 0 amide bonds. The highest BCUT2D eigenvalue weighted by atomic mass is 79.9. The van der Waals surface area contributed by atoms with Crippen molar-refractivity contribution in [2.45, 2.75) is 105 Å². The van der Waals surface area contributed by atoms with Crippen molar-refractivity contribution in [2.24, 2.45) is 0 Å². The second-order valence-corrected chi connectivity index (χ2v) is 19.0. The fraction of sp³-hybridized carbons (Fsp3) is 0.429. The zero-order valence-corrected chi connectivity index (χ0v) is 35.0. The minimum atomic E-state index is 0.113. The molecule has 2 aromatic heterocycles. The molecule has 0 saturated heterocycles. The summed E-state index contributed by atoms with van der Waals surface area (Å²) in [6, 6.07) is 24.1. The van der Waals surface area contributed by atoms with Crippen LogP contribution in [0.25, 0.3) is 43.9 Å². The van der Waals surface area contributed by atoms with Gasteiger partial charge in [0.05, 0.1) is 4.47 Å². The minimum Gasteiger partial charge on any atom is -0.456 e. The first-order chi connectivity index (χ1) is 21.6. The summed E-state index contributed by atoms with van der Waals surface area (Å²) < 4.78 is 13.1. The number of hydrogen-bond acceptors (Lipinski definition) is 2. The van der Waals surface area contributed by atoms with Crippen LogP contribution in [0, 0.1) is 0 Å². The standard InChI is InChI=1S/C20H23BrO.C20H24O.C2H4Br2/c1-19(2,3)12-7-8-17-14(9-12)15-10-13(20(4,5)6)11-16(21)18(15)22-17;1-19(2,3)13-7-9-17-15(11-13)16-12-14(20(4,5)6)8-10-18(16)21-17;3-1-2-4/h7-11H,1-6H3;7-12H,1-6H3;1-2H2. The fourth-order valence-electron chi connectivity index (χ4n) is 5.45. The molecule has 0 aliphatic carbocycles. The van der Waals surface area contributed by atoms with Crippen molar-refractivity contribution in [3.05, 3.63) is 93.5 Å². The molecule has 0 aliphatic heterocycles. The maximum Gasteiger partial charge on any atom is 0.149 e. The Morgan fingerprint density at radius 3 is 1.09 bits per heavy atom. The van der Waals surface area contributed by atoms with Crippen LogP contribution in [0.5, 0.6) is 0 Å². The van der Waals surface area contributed by atoms with Crippen LogP contribution in [-0.4, -0.2) is 10.7 Å². The second kappa shape index (κ2) is 14.0. The molecule has 0 saturated carbocycles. The van der Waals surface area contributed by atoms with E-state index < -0.39 is 0 Å². The Balaban J connectivity index is 0.000000191. The molecule has 0 unspecified atom stereocenters. The van der Waals surface area contributed by atoms with Crippen LogP contribution in [0.2, 0.25) is 0 Å². The van der Waals surface area contributed by atoms with Crippen molar-refractivity contribution in [1.29, 1.82) is 0 Å². The summed E-state index contributed by atoms with van der Waals surface area (Å²) in [6.07, 6.45) is 0. The van der Waals surface area contributed by atoms with Gasteiger partial charge in [0.1, 0.15) is 22.3 Å². The molecule has 0 radical (unpaired) electrons. The van der Waals surface area contributed by atoms with Gasteiger partial charge in [0.25, 0.3) is 0 Å². The van der Waals surface area contributed by atoms with Gasteiger partial charge in [0.2, 0.25) is 0 Å². The van der Waals surface area contributed by atoms with Crippen molar-refractivity contribution < 1.29 is 8.83 Å². The Labute approximate surface area is 307 Å². The Morgan fingerprint density at radius 2 is 0.745 bits per heavy atom. The van der Waals surface area contributed by atoms with Gasteiger partial charge in [-0.25, -0.2) is 0 Å². The lowest BCUT2D eigenvalue weighted by Gasteiger charge is -2.20. The van der Waals surface area contributed by atoms with Gasteiger partial charge in [-0.3, -0.25) is 0 Å². The third kappa shape index (κ3) is 8.75. The van der Waals surface area contributed by atoms with Crippen molar-refractivity contribution in [3.63, 3.8) is 0 Å². The average Bonchev–Trinajstić information content (AvgIpc) is 3.53. The van der Waals surface area contributed by atoms with Crippen molar-refractivity contribution in [3.8, 4) is 0 Å². The summed E-state index contributed by atoms with van der Waals surface area (Å²) in [5.74, 6) is 0.